The summed E-state index contributed by atoms with van der Waals surface area (Å²) in [6, 6.07) is 23.5. The Bertz CT molecular complexity index is 1420. The minimum Gasteiger partial charge on any atom is -0.494 e. The number of halogens is 1. The van der Waals surface area contributed by atoms with Crippen molar-refractivity contribution in [2.24, 2.45) is 0 Å². The average Bonchev–Trinajstić information content (AvgIpc) is 2.98. The number of sulfonamides is 1. The third-order valence-electron chi connectivity index (χ3n) is 6.93. The van der Waals surface area contributed by atoms with Gasteiger partial charge in [-0.05, 0) is 67.3 Å². The Kier molecular flexibility index (Phi) is 13.5. The maximum Gasteiger partial charge on any atom is 0.243 e. The average molecular weight is 673 g/mol. The highest BCUT2D eigenvalue weighted by atomic mass is 79.9. The van der Waals surface area contributed by atoms with Crippen LogP contribution in [-0.2, 0) is 32.6 Å². The molecular formula is C33H42BrN3O5S. The standard InChI is InChI=1S/C33H42BrN3O5S/c1-4-6-21-35-33(39)31(24-26-12-8-7-9-13-26)36(25-27-14-10-15-28(34)23-27)32(38)16-11-22-37(43(3,40)41)29-17-19-30(20-18-29)42-5-2/h7-10,12-15,17-20,23,31H,4-6,11,16,21-22,24-25H2,1-3H3,(H,35,39)/t31-/m0/s1. The van der Waals surface area contributed by atoms with Crippen LogP contribution in [0.25, 0.3) is 0 Å². The maximum atomic E-state index is 13.9. The highest BCUT2D eigenvalue weighted by Crippen LogP contribution is 2.23. The molecular weight excluding hydrogens is 630 g/mol. The zero-order valence-electron chi connectivity index (χ0n) is 25.2. The van der Waals surface area contributed by atoms with E-state index in [1.54, 1.807) is 29.2 Å². The molecule has 3 aromatic carbocycles. The Balaban J connectivity index is 1.85. The molecule has 0 aliphatic rings. The first-order valence-corrected chi connectivity index (χ1v) is 17.3. The Morgan fingerprint density at radius 2 is 1.63 bits per heavy atom. The topological polar surface area (TPSA) is 96.0 Å². The number of rotatable bonds is 17. The van der Waals surface area contributed by atoms with E-state index in [-0.39, 0.29) is 37.7 Å². The van der Waals surface area contributed by atoms with Crippen molar-refractivity contribution in [2.75, 3.05) is 30.3 Å². The van der Waals surface area contributed by atoms with Crippen LogP contribution in [0.3, 0.4) is 0 Å². The lowest BCUT2D eigenvalue weighted by molar-refractivity contribution is -0.141. The highest BCUT2D eigenvalue weighted by molar-refractivity contribution is 9.10. The molecule has 3 aromatic rings. The van der Waals surface area contributed by atoms with Gasteiger partial charge in [-0.15, -0.1) is 0 Å². The van der Waals surface area contributed by atoms with Crippen LogP contribution in [0.15, 0.2) is 83.3 Å². The molecule has 0 fully saturated rings. The van der Waals surface area contributed by atoms with Crippen molar-refractivity contribution in [3.63, 3.8) is 0 Å². The van der Waals surface area contributed by atoms with Gasteiger partial charge in [0.25, 0.3) is 0 Å². The van der Waals surface area contributed by atoms with Crippen molar-refractivity contribution in [1.29, 1.82) is 0 Å². The fourth-order valence-corrected chi connectivity index (χ4v) is 6.18. The van der Waals surface area contributed by atoms with Crippen LogP contribution in [0.4, 0.5) is 5.69 Å². The summed E-state index contributed by atoms with van der Waals surface area (Å²) in [7, 11) is -3.60. The van der Waals surface area contributed by atoms with E-state index in [1.165, 1.54) is 4.31 Å². The summed E-state index contributed by atoms with van der Waals surface area (Å²) < 4.78 is 33.0. The summed E-state index contributed by atoms with van der Waals surface area (Å²) in [5.41, 5.74) is 2.33. The van der Waals surface area contributed by atoms with Gasteiger partial charge in [0.05, 0.1) is 18.6 Å². The Hall–Kier alpha value is -3.37. The van der Waals surface area contributed by atoms with E-state index in [2.05, 4.69) is 28.2 Å². The molecule has 1 N–H and O–H groups in total. The van der Waals surface area contributed by atoms with Crippen molar-refractivity contribution in [3.8, 4) is 5.75 Å². The molecule has 10 heteroatoms. The number of hydrogen-bond acceptors (Lipinski definition) is 5. The number of nitrogens with one attached hydrogen (secondary N) is 1. The van der Waals surface area contributed by atoms with E-state index in [1.807, 2.05) is 61.5 Å². The van der Waals surface area contributed by atoms with Crippen LogP contribution in [0.1, 0.15) is 50.7 Å². The quantitative estimate of drug-likeness (QED) is 0.179. The van der Waals surface area contributed by atoms with Gasteiger partial charge in [0, 0.05) is 36.9 Å². The van der Waals surface area contributed by atoms with Gasteiger partial charge in [0.2, 0.25) is 21.8 Å². The van der Waals surface area contributed by atoms with Gasteiger partial charge in [-0.1, -0.05) is 71.7 Å². The smallest absolute Gasteiger partial charge is 0.243 e. The SMILES string of the molecule is CCCCNC(=O)[C@H](Cc1ccccc1)N(Cc1cccc(Br)c1)C(=O)CCCN(c1ccc(OCC)cc1)S(C)(=O)=O. The number of amides is 2. The predicted molar refractivity (Wildman–Crippen MR) is 176 cm³/mol. The molecule has 0 spiro atoms. The summed E-state index contributed by atoms with van der Waals surface area (Å²) in [6.45, 7) is 5.35. The first-order chi connectivity index (χ1) is 20.6. The van der Waals surface area contributed by atoms with Crippen molar-refractivity contribution in [2.45, 2.75) is 58.5 Å². The first kappa shape index (κ1) is 34.1. The fraction of sp³-hybridized carbons (Fsp3) is 0.394. The van der Waals surface area contributed by atoms with Gasteiger partial charge < -0.3 is 15.0 Å². The van der Waals surface area contributed by atoms with Gasteiger partial charge in [-0.2, -0.15) is 0 Å². The van der Waals surface area contributed by atoms with E-state index in [0.717, 1.165) is 34.7 Å². The molecule has 0 saturated carbocycles. The van der Waals surface area contributed by atoms with Crippen molar-refractivity contribution in [1.82, 2.24) is 10.2 Å². The minimum atomic E-state index is -3.60. The van der Waals surface area contributed by atoms with Crippen LogP contribution in [0.2, 0.25) is 0 Å². The molecule has 0 bridgehead atoms. The second-order valence-corrected chi connectivity index (χ2v) is 13.2. The Labute approximate surface area is 264 Å². The van der Waals surface area contributed by atoms with Gasteiger partial charge in [-0.3, -0.25) is 13.9 Å². The number of ether oxygens (including phenoxy) is 1. The van der Waals surface area contributed by atoms with Crippen LogP contribution in [0, 0.1) is 0 Å². The maximum absolute atomic E-state index is 13.9. The van der Waals surface area contributed by atoms with Gasteiger partial charge >= 0.3 is 0 Å². The molecule has 0 radical (unpaired) electrons. The lowest BCUT2D eigenvalue weighted by Gasteiger charge is -2.32. The van der Waals surface area contributed by atoms with Gasteiger partial charge in [0.15, 0.2) is 0 Å². The summed E-state index contributed by atoms with van der Waals surface area (Å²) in [4.78, 5) is 29.2. The molecule has 0 saturated heterocycles. The second kappa shape index (κ2) is 17.1. The van der Waals surface area contributed by atoms with Crippen LogP contribution >= 0.6 is 15.9 Å². The fourth-order valence-electron chi connectivity index (χ4n) is 4.77. The molecule has 0 heterocycles. The molecule has 1 atom stereocenters. The zero-order chi connectivity index (χ0) is 31.2. The van der Waals surface area contributed by atoms with E-state index in [9.17, 15) is 18.0 Å². The normalized spacial score (nSPS) is 11.9. The van der Waals surface area contributed by atoms with E-state index >= 15 is 0 Å². The molecule has 43 heavy (non-hydrogen) atoms. The lowest BCUT2D eigenvalue weighted by Crippen LogP contribution is -2.50. The number of unbranched alkanes of at least 4 members (excludes halogenated alkanes) is 1. The van der Waals surface area contributed by atoms with E-state index in [4.69, 9.17) is 4.74 Å². The molecule has 2 amide bonds. The number of carbonyl (C=O) groups is 2. The minimum absolute atomic E-state index is 0.0740. The van der Waals surface area contributed by atoms with Gasteiger partial charge in [0.1, 0.15) is 11.8 Å². The number of benzene rings is 3. The number of hydrogen-bond donors (Lipinski definition) is 1. The number of anilines is 1. The second-order valence-electron chi connectivity index (χ2n) is 10.4. The van der Waals surface area contributed by atoms with Gasteiger partial charge in [-0.25, -0.2) is 8.42 Å². The van der Waals surface area contributed by atoms with Crippen molar-refractivity contribution >= 4 is 43.5 Å². The summed E-state index contributed by atoms with van der Waals surface area (Å²) in [6.07, 6.45) is 3.65. The summed E-state index contributed by atoms with van der Waals surface area (Å²) in [5, 5.41) is 3.03. The molecule has 0 aromatic heterocycles. The molecule has 232 valence electrons. The zero-order valence-corrected chi connectivity index (χ0v) is 27.6. The monoisotopic (exact) mass is 671 g/mol. The largest absolute Gasteiger partial charge is 0.494 e. The lowest BCUT2D eigenvalue weighted by atomic mass is 10.0. The van der Waals surface area contributed by atoms with Crippen molar-refractivity contribution in [3.05, 3.63) is 94.5 Å². The molecule has 8 nitrogen and oxygen atoms in total. The summed E-state index contributed by atoms with van der Waals surface area (Å²) in [5.74, 6) is 0.235. The molecule has 0 aliphatic carbocycles. The number of carbonyl (C=O) groups excluding carboxylic acids is 2. The van der Waals surface area contributed by atoms with Crippen LogP contribution < -0.4 is 14.4 Å². The Morgan fingerprint density at radius 3 is 2.26 bits per heavy atom. The summed E-state index contributed by atoms with van der Waals surface area (Å²) >= 11 is 3.51. The predicted octanol–water partition coefficient (Wildman–Crippen LogP) is 5.95. The van der Waals surface area contributed by atoms with Crippen molar-refractivity contribution < 1.29 is 22.7 Å². The third kappa shape index (κ3) is 11.0. The van der Waals surface area contributed by atoms with E-state index < -0.39 is 16.1 Å². The van der Waals surface area contributed by atoms with Crippen LogP contribution in [0.5, 0.6) is 5.75 Å². The highest BCUT2D eigenvalue weighted by Gasteiger charge is 2.30. The van der Waals surface area contributed by atoms with Crippen LogP contribution in [-0.4, -0.2) is 57.1 Å². The molecule has 0 unspecified atom stereocenters. The Morgan fingerprint density at radius 1 is 0.930 bits per heavy atom. The first-order valence-electron chi connectivity index (χ1n) is 14.7. The molecule has 0 aliphatic heterocycles. The van der Waals surface area contributed by atoms with E-state index in [0.29, 0.717) is 31.0 Å². The number of nitrogens with zero attached hydrogens (tertiary/aromatic N) is 2. The molecule has 3 rings (SSSR count). The third-order valence-corrected chi connectivity index (χ3v) is 8.62.